The van der Waals surface area contributed by atoms with Gasteiger partial charge >= 0.3 is 6.18 Å². The Kier molecular flexibility index (Phi) is 9.20. The van der Waals surface area contributed by atoms with E-state index in [1.165, 1.54) is 12.1 Å². The first-order valence-corrected chi connectivity index (χ1v) is 6.87. The third-order valence-electron chi connectivity index (χ3n) is 3.65. The number of phenolic OH excluding ortho intramolecular Hbond substituents is 1. The molecule has 23 heavy (non-hydrogen) atoms. The van der Waals surface area contributed by atoms with Crippen molar-refractivity contribution < 1.29 is 22.7 Å². The van der Waals surface area contributed by atoms with Crippen LogP contribution in [0.3, 0.4) is 0 Å². The normalized spacial score (nSPS) is 17.0. The van der Waals surface area contributed by atoms with Gasteiger partial charge in [0, 0.05) is 38.6 Å². The van der Waals surface area contributed by atoms with Gasteiger partial charge in [0.05, 0.1) is 0 Å². The van der Waals surface area contributed by atoms with Crippen LogP contribution in [0.1, 0.15) is 24.4 Å². The van der Waals surface area contributed by atoms with Gasteiger partial charge in [-0.25, -0.2) is 4.39 Å². The summed E-state index contributed by atoms with van der Waals surface area (Å²) in [7, 11) is 0. The van der Waals surface area contributed by atoms with E-state index >= 15 is 0 Å². The van der Waals surface area contributed by atoms with Gasteiger partial charge in [0.25, 0.3) is 0 Å². The van der Waals surface area contributed by atoms with E-state index in [9.17, 15) is 22.7 Å². The van der Waals surface area contributed by atoms with E-state index in [4.69, 9.17) is 0 Å². The van der Waals surface area contributed by atoms with Crippen LogP contribution in [-0.2, 0) is 0 Å². The first-order chi connectivity index (χ1) is 9.87. The molecular formula is C14H20Cl2F4N2O. The van der Waals surface area contributed by atoms with Crippen LogP contribution in [0.15, 0.2) is 18.2 Å². The first kappa shape index (κ1) is 22.2. The molecule has 0 unspecified atom stereocenters. The Morgan fingerprint density at radius 1 is 1.17 bits per heavy atom. The average Bonchev–Trinajstić information content (AvgIpc) is 2.43. The van der Waals surface area contributed by atoms with Crippen LogP contribution < -0.4 is 5.32 Å². The van der Waals surface area contributed by atoms with E-state index in [1.54, 1.807) is 0 Å². The summed E-state index contributed by atoms with van der Waals surface area (Å²) in [6.45, 7) is 2.63. The van der Waals surface area contributed by atoms with Crippen LogP contribution >= 0.6 is 24.8 Å². The minimum Gasteiger partial charge on any atom is -0.505 e. The smallest absolute Gasteiger partial charge is 0.389 e. The molecule has 0 aliphatic carbocycles. The molecule has 0 radical (unpaired) electrons. The predicted molar refractivity (Wildman–Crippen MR) is 85.0 cm³/mol. The van der Waals surface area contributed by atoms with Crippen LogP contribution in [0.4, 0.5) is 17.6 Å². The molecular weight excluding hydrogens is 359 g/mol. The fraction of sp³-hybridized carbons (Fsp3) is 0.571. The van der Waals surface area contributed by atoms with Crippen molar-refractivity contribution in [1.29, 1.82) is 0 Å². The molecule has 0 amide bonds. The molecule has 0 aromatic heterocycles. The SMILES string of the molecule is Cl.Cl.Oc1ccc([C@@H](CCC(F)(F)F)N2CCNCC2)cc1F. The Hall–Kier alpha value is -0.760. The highest BCUT2D eigenvalue weighted by Gasteiger charge is 2.31. The molecule has 2 rings (SSSR count). The number of phenols is 1. The summed E-state index contributed by atoms with van der Waals surface area (Å²) in [5, 5.41) is 12.4. The molecule has 0 saturated carbocycles. The zero-order valence-electron chi connectivity index (χ0n) is 12.3. The number of halogens is 6. The van der Waals surface area contributed by atoms with Gasteiger partial charge in [-0.2, -0.15) is 13.2 Å². The zero-order chi connectivity index (χ0) is 15.5. The summed E-state index contributed by atoms with van der Waals surface area (Å²) in [5.41, 5.74) is 0.469. The number of alkyl halides is 3. The van der Waals surface area contributed by atoms with Crippen molar-refractivity contribution in [2.45, 2.75) is 25.1 Å². The standard InChI is InChI=1S/C14H18F4N2O.2ClH/c15-11-9-10(1-2-13(11)21)12(3-4-14(16,17)18)20-7-5-19-6-8-20;;/h1-2,9,12,19,21H,3-8H2;2*1H/t12-;;/m1../s1. The molecule has 3 nitrogen and oxygen atoms in total. The van der Waals surface area contributed by atoms with E-state index < -0.39 is 30.2 Å². The van der Waals surface area contributed by atoms with E-state index in [0.717, 1.165) is 6.07 Å². The molecule has 9 heteroatoms. The topological polar surface area (TPSA) is 35.5 Å². The minimum absolute atomic E-state index is 0. The number of nitrogens with one attached hydrogen (secondary N) is 1. The summed E-state index contributed by atoms with van der Waals surface area (Å²) in [6, 6.07) is 3.30. The van der Waals surface area contributed by atoms with Gasteiger partial charge in [-0.05, 0) is 24.1 Å². The van der Waals surface area contributed by atoms with E-state index in [1.807, 2.05) is 4.90 Å². The second kappa shape index (κ2) is 9.52. The van der Waals surface area contributed by atoms with Crippen LogP contribution in [0.25, 0.3) is 0 Å². The summed E-state index contributed by atoms with van der Waals surface area (Å²) in [5.74, 6) is -1.30. The third kappa shape index (κ3) is 6.71. The molecule has 1 heterocycles. The van der Waals surface area contributed by atoms with Crippen molar-refractivity contribution in [2.75, 3.05) is 26.2 Å². The molecule has 1 saturated heterocycles. The average molecular weight is 379 g/mol. The number of rotatable bonds is 4. The van der Waals surface area contributed by atoms with Crippen molar-refractivity contribution >= 4 is 24.8 Å². The lowest BCUT2D eigenvalue weighted by molar-refractivity contribution is -0.138. The number of piperazine rings is 1. The largest absolute Gasteiger partial charge is 0.505 e. The van der Waals surface area contributed by atoms with Crippen molar-refractivity contribution in [1.82, 2.24) is 10.2 Å². The highest BCUT2D eigenvalue weighted by atomic mass is 35.5. The summed E-state index contributed by atoms with van der Waals surface area (Å²) >= 11 is 0. The zero-order valence-corrected chi connectivity index (χ0v) is 13.9. The van der Waals surface area contributed by atoms with Gasteiger partial charge in [-0.15, -0.1) is 24.8 Å². The maximum atomic E-state index is 13.5. The Morgan fingerprint density at radius 3 is 2.30 bits per heavy atom. The van der Waals surface area contributed by atoms with Gasteiger partial charge in [0.2, 0.25) is 0 Å². The van der Waals surface area contributed by atoms with E-state index in [0.29, 0.717) is 31.7 Å². The molecule has 1 aliphatic heterocycles. The lowest BCUT2D eigenvalue weighted by Crippen LogP contribution is -2.45. The Bertz CT molecular complexity index is 482. The lowest BCUT2D eigenvalue weighted by Gasteiger charge is -2.35. The highest BCUT2D eigenvalue weighted by Crippen LogP contribution is 2.33. The Morgan fingerprint density at radius 2 is 1.78 bits per heavy atom. The van der Waals surface area contributed by atoms with Crippen molar-refractivity contribution in [3.05, 3.63) is 29.6 Å². The molecule has 1 aliphatic rings. The Labute approximate surface area is 144 Å². The maximum Gasteiger partial charge on any atom is 0.389 e. The van der Waals surface area contributed by atoms with Gasteiger partial charge < -0.3 is 10.4 Å². The van der Waals surface area contributed by atoms with Crippen molar-refractivity contribution in [3.8, 4) is 5.75 Å². The number of nitrogens with zero attached hydrogens (tertiary/aromatic N) is 1. The molecule has 0 bridgehead atoms. The molecule has 0 spiro atoms. The van der Waals surface area contributed by atoms with Crippen LogP contribution in [0, 0.1) is 5.82 Å². The molecule has 1 fully saturated rings. The monoisotopic (exact) mass is 378 g/mol. The molecule has 1 aromatic rings. The van der Waals surface area contributed by atoms with Crippen LogP contribution in [-0.4, -0.2) is 42.4 Å². The van der Waals surface area contributed by atoms with Gasteiger partial charge in [0.15, 0.2) is 11.6 Å². The van der Waals surface area contributed by atoms with E-state index in [2.05, 4.69) is 5.32 Å². The number of benzene rings is 1. The Balaban J connectivity index is 0.00000242. The van der Waals surface area contributed by atoms with Gasteiger partial charge in [0.1, 0.15) is 0 Å². The summed E-state index contributed by atoms with van der Waals surface area (Å²) in [4.78, 5) is 1.92. The number of hydrogen-bond acceptors (Lipinski definition) is 3. The molecule has 1 aromatic carbocycles. The quantitative estimate of drug-likeness (QED) is 0.784. The summed E-state index contributed by atoms with van der Waals surface area (Å²) < 4.78 is 51.0. The second-order valence-corrected chi connectivity index (χ2v) is 5.17. The first-order valence-electron chi connectivity index (χ1n) is 6.87. The third-order valence-corrected chi connectivity index (χ3v) is 3.65. The second-order valence-electron chi connectivity index (χ2n) is 5.17. The lowest BCUT2D eigenvalue weighted by atomic mass is 9.99. The molecule has 134 valence electrons. The summed E-state index contributed by atoms with van der Waals surface area (Å²) in [6.07, 6.45) is -5.26. The number of aromatic hydroxyl groups is 1. The highest BCUT2D eigenvalue weighted by molar-refractivity contribution is 5.85. The fourth-order valence-electron chi connectivity index (χ4n) is 2.58. The maximum absolute atomic E-state index is 13.5. The van der Waals surface area contributed by atoms with Gasteiger partial charge in [-0.3, -0.25) is 4.90 Å². The van der Waals surface area contributed by atoms with Crippen LogP contribution in [0.5, 0.6) is 5.75 Å². The van der Waals surface area contributed by atoms with Crippen LogP contribution in [0.2, 0.25) is 0 Å². The predicted octanol–water partition coefficient (Wildman–Crippen LogP) is 3.66. The minimum atomic E-state index is -4.23. The molecule has 1 atom stereocenters. The van der Waals surface area contributed by atoms with Gasteiger partial charge in [-0.1, -0.05) is 6.07 Å². The fourth-order valence-corrected chi connectivity index (χ4v) is 2.58. The van der Waals surface area contributed by atoms with E-state index in [-0.39, 0.29) is 31.2 Å². The van der Waals surface area contributed by atoms with Crippen molar-refractivity contribution in [2.24, 2.45) is 0 Å². The number of hydrogen-bond donors (Lipinski definition) is 2. The molecule has 2 N–H and O–H groups in total. The van der Waals surface area contributed by atoms with Crippen molar-refractivity contribution in [3.63, 3.8) is 0 Å².